The Balaban J connectivity index is 2.14. The van der Waals surface area contributed by atoms with Crippen LogP contribution in [-0.2, 0) is 6.42 Å². The number of nitrogens with two attached hydrogens (primary N) is 1. The molecule has 2 N–H and O–H groups in total. The third-order valence-corrected chi connectivity index (χ3v) is 5.03. The van der Waals surface area contributed by atoms with Crippen LogP contribution in [0, 0.1) is 5.82 Å². The summed E-state index contributed by atoms with van der Waals surface area (Å²) < 4.78 is 13.9. The van der Waals surface area contributed by atoms with Crippen LogP contribution in [0.3, 0.4) is 0 Å². The van der Waals surface area contributed by atoms with Gasteiger partial charge in [-0.1, -0.05) is 24.6 Å². The van der Waals surface area contributed by atoms with Gasteiger partial charge in [-0.2, -0.15) is 0 Å². The lowest BCUT2D eigenvalue weighted by atomic mass is 9.84. The molecule has 1 fully saturated rings. The third kappa shape index (κ3) is 3.16. The second-order valence-electron chi connectivity index (χ2n) is 5.95. The van der Waals surface area contributed by atoms with Gasteiger partial charge in [-0.15, -0.1) is 0 Å². The topological polar surface area (TPSA) is 29.3 Å². The first-order valence-electron chi connectivity index (χ1n) is 7.42. The van der Waals surface area contributed by atoms with Crippen LogP contribution in [0.1, 0.15) is 38.7 Å². The highest BCUT2D eigenvalue weighted by Gasteiger charge is 2.37. The van der Waals surface area contributed by atoms with Crippen LogP contribution >= 0.6 is 11.6 Å². The van der Waals surface area contributed by atoms with Crippen molar-refractivity contribution in [3.63, 3.8) is 0 Å². The molecular weight excluding hydrogens is 275 g/mol. The normalized spacial score (nSPS) is 20.9. The molecule has 4 heteroatoms. The zero-order valence-electron chi connectivity index (χ0n) is 12.3. The first kappa shape index (κ1) is 15.7. The lowest BCUT2D eigenvalue weighted by Crippen LogP contribution is -2.57. The molecule has 0 spiro atoms. The second-order valence-corrected chi connectivity index (χ2v) is 6.39. The fourth-order valence-electron chi connectivity index (χ4n) is 3.09. The maximum absolute atomic E-state index is 13.9. The molecule has 0 amide bonds. The van der Waals surface area contributed by atoms with E-state index in [1.807, 2.05) is 0 Å². The van der Waals surface area contributed by atoms with E-state index in [1.54, 1.807) is 12.1 Å². The summed E-state index contributed by atoms with van der Waals surface area (Å²) in [6, 6.07) is 4.76. The van der Waals surface area contributed by atoms with Crippen LogP contribution in [0.25, 0.3) is 0 Å². The van der Waals surface area contributed by atoms with Gasteiger partial charge in [0.1, 0.15) is 5.82 Å². The Labute approximate surface area is 126 Å². The van der Waals surface area contributed by atoms with Gasteiger partial charge >= 0.3 is 0 Å². The molecule has 112 valence electrons. The van der Waals surface area contributed by atoms with Crippen LogP contribution in [-0.4, -0.2) is 29.6 Å². The summed E-state index contributed by atoms with van der Waals surface area (Å²) in [4.78, 5) is 2.46. The maximum Gasteiger partial charge on any atom is 0.127 e. The first-order chi connectivity index (χ1) is 9.47. The molecule has 1 saturated heterocycles. The van der Waals surface area contributed by atoms with Crippen molar-refractivity contribution in [2.45, 2.75) is 51.1 Å². The van der Waals surface area contributed by atoms with E-state index in [9.17, 15) is 4.39 Å². The van der Waals surface area contributed by atoms with Crippen LogP contribution in [0.15, 0.2) is 18.2 Å². The molecule has 0 aliphatic carbocycles. The number of benzene rings is 1. The summed E-state index contributed by atoms with van der Waals surface area (Å²) in [5, 5.41) is 0.428. The van der Waals surface area contributed by atoms with Gasteiger partial charge in [0.25, 0.3) is 0 Å². The van der Waals surface area contributed by atoms with Gasteiger partial charge < -0.3 is 5.73 Å². The molecule has 2 unspecified atom stereocenters. The Morgan fingerprint density at radius 3 is 2.60 bits per heavy atom. The SMILES string of the molecule is CCC(C)(C(N)Cc1ccc(Cl)cc1F)N1CCCC1. The average molecular weight is 299 g/mol. The van der Waals surface area contributed by atoms with E-state index in [-0.39, 0.29) is 17.4 Å². The summed E-state index contributed by atoms with van der Waals surface area (Å²) in [6.07, 6.45) is 3.99. The average Bonchev–Trinajstić information content (AvgIpc) is 2.95. The quantitative estimate of drug-likeness (QED) is 0.900. The molecule has 1 aliphatic rings. The largest absolute Gasteiger partial charge is 0.326 e. The van der Waals surface area contributed by atoms with Crippen molar-refractivity contribution in [3.05, 3.63) is 34.6 Å². The number of likely N-dealkylation sites (tertiary alicyclic amines) is 1. The number of rotatable bonds is 5. The highest BCUT2D eigenvalue weighted by molar-refractivity contribution is 6.30. The zero-order valence-corrected chi connectivity index (χ0v) is 13.1. The van der Waals surface area contributed by atoms with Crippen molar-refractivity contribution in [2.24, 2.45) is 5.73 Å². The van der Waals surface area contributed by atoms with Crippen molar-refractivity contribution in [1.82, 2.24) is 4.90 Å². The predicted octanol–water partition coefficient (Wildman–Crippen LogP) is 3.61. The molecule has 2 rings (SSSR count). The van der Waals surface area contributed by atoms with E-state index < -0.39 is 0 Å². The lowest BCUT2D eigenvalue weighted by molar-refractivity contribution is 0.0995. The monoisotopic (exact) mass is 298 g/mol. The standard InChI is InChI=1S/C16H24ClFN2/c1-3-16(2,20-8-4-5-9-20)15(19)10-12-6-7-13(17)11-14(12)18/h6-7,11,15H,3-5,8-10,19H2,1-2H3. The first-order valence-corrected chi connectivity index (χ1v) is 7.79. The highest BCUT2D eigenvalue weighted by atomic mass is 35.5. The maximum atomic E-state index is 13.9. The fraction of sp³-hybridized carbons (Fsp3) is 0.625. The van der Waals surface area contributed by atoms with E-state index in [0.29, 0.717) is 17.0 Å². The van der Waals surface area contributed by atoms with Crippen LogP contribution in [0.5, 0.6) is 0 Å². The van der Waals surface area contributed by atoms with Gasteiger partial charge in [0.15, 0.2) is 0 Å². The zero-order chi connectivity index (χ0) is 14.8. The van der Waals surface area contributed by atoms with E-state index in [2.05, 4.69) is 18.7 Å². The van der Waals surface area contributed by atoms with Gasteiger partial charge in [0.05, 0.1) is 0 Å². The van der Waals surface area contributed by atoms with Crippen molar-refractivity contribution < 1.29 is 4.39 Å². The van der Waals surface area contributed by atoms with E-state index >= 15 is 0 Å². The Morgan fingerprint density at radius 2 is 2.05 bits per heavy atom. The van der Waals surface area contributed by atoms with Crippen LogP contribution < -0.4 is 5.73 Å². The summed E-state index contributed by atoms with van der Waals surface area (Å²) >= 11 is 5.79. The summed E-state index contributed by atoms with van der Waals surface area (Å²) in [5.74, 6) is -0.257. The molecule has 2 atom stereocenters. The predicted molar refractivity (Wildman–Crippen MR) is 82.6 cm³/mol. The molecule has 20 heavy (non-hydrogen) atoms. The minimum atomic E-state index is -0.257. The van der Waals surface area contributed by atoms with Gasteiger partial charge in [-0.3, -0.25) is 4.90 Å². The molecule has 1 aromatic carbocycles. The Hall–Kier alpha value is -0.640. The summed E-state index contributed by atoms with van der Waals surface area (Å²) in [6.45, 7) is 6.56. The molecule has 1 aromatic rings. The van der Waals surface area contributed by atoms with E-state index in [0.717, 1.165) is 19.5 Å². The van der Waals surface area contributed by atoms with Crippen molar-refractivity contribution >= 4 is 11.6 Å². The minimum Gasteiger partial charge on any atom is -0.326 e. The number of nitrogens with zero attached hydrogens (tertiary/aromatic N) is 1. The Bertz CT molecular complexity index is 460. The van der Waals surface area contributed by atoms with Crippen molar-refractivity contribution in [1.29, 1.82) is 0 Å². The van der Waals surface area contributed by atoms with E-state index in [1.165, 1.54) is 18.9 Å². The summed E-state index contributed by atoms with van der Waals surface area (Å²) in [5.41, 5.74) is 7.03. The number of hydrogen-bond donors (Lipinski definition) is 1. The van der Waals surface area contributed by atoms with E-state index in [4.69, 9.17) is 17.3 Å². The molecule has 0 aromatic heterocycles. The Morgan fingerprint density at radius 1 is 1.40 bits per heavy atom. The minimum absolute atomic E-state index is 0.0669. The highest BCUT2D eigenvalue weighted by Crippen LogP contribution is 2.29. The Kier molecular flexibility index (Phi) is 5.05. The van der Waals surface area contributed by atoms with Crippen molar-refractivity contribution in [3.8, 4) is 0 Å². The number of halogens is 2. The smallest absolute Gasteiger partial charge is 0.127 e. The van der Waals surface area contributed by atoms with Gasteiger partial charge in [0.2, 0.25) is 0 Å². The molecular formula is C16H24ClFN2. The van der Waals surface area contributed by atoms with Gasteiger partial charge in [0, 0.05) is 16.6 Å². The molecule has 1 aliphatic heterocycles. The van der Waals surface area contributed by atoms with Crippen molar-refractivity contribution in [2.75, 3.05) is 13.1 Å². The molecule has 2 nitrogen and oxygen atoms in total. The van der Waals surface area contributed by atoms with Gasteiger partial charge in [-0.25, -0.2) is 4.39 Å². The lowest BCUT2D eigenvalue weighted by Gasteiger charge is -2.43. The molecule has 1 heterocycles. The molecule has 0 radical (unpaired) electrons. The molecule has 0 bridgehead atoms. The van der Waals surface area contributed by atoms with Crippen LogP contribution in [0.2, 0.25) is 5.02 Å². The molecule has 0 saturated carbocycles. The number of hydrogen-bond acceptors (Lipinski definition) is 2. The van der Waals surface area contributed by atoms with Gasteiger partial charge in [-0.05, 0) is 63.4 Å². The second kappa shape index (κ2) is 6.42. The fourth-order valence-corrected chi connectivity index (χ4v) is 3.25. The summed E-state index contributed by atoms with van der Waals surface area (Å²) in [7, 11) is 0. The van der Waals surface area contributed by atoms with Crippen LogP contribution in [0.4, 0.5) is 4.39 Å². The third-order valence-electron chi connectivity index (χ3n) is 4.80.